The molecule has 2 bridgehead atoms. The molecule has 0 radical (unpaired) electrons. The van der Waals surface area contributed by atoms with Gasteiger partial charge in [0.2, 0.25) is 0 Å². The van der Waals surface area contributed by atoms with E-state index < -0.39 is 0 Å². The number of hydrogen-bond donors (Lipinski definition) is 2. The van der Waals surface area contributed by atoms with Crippen LogP contribution in [0.4, 0.5) is 0 Å². The summed E-state index contributed by atoms with van der Waals surface area (Å²) in [5.74, 6) is 4.26. The first-order valence-electron chi connectivity index (χ1n) is 8.85. The van der Waals surface area contributed by atoms with Crippen LogP contribution in [0.1, 0.15) is 57.8 Å². The van der Waals surface area contributed by atoms with Gasteiger partial charge in [-0.15, -0.1) is 0 Å². The molecular weight excluding hydrogens is 232 g/mol. The van der Waals surface area contributed by atoms with Crippen molar-refractivity contribution in [3.05, 3.63) is 0 Å². The number of piperidine rings is 1. The highest BCUT2D eigenvalue weighted by atomic mass is 15.0. The average Bonchev–Trinajstić information content (AvgIpc) is 3.30. The van der Waals surface area contributed by atoms with Crippen LogP contribution in [0.25, 0.3) is 0 Å². The van der Waals surface area contributed by atoms with E-state index in [0.717, 1.165) is 35.8 Å². The Bertz CT molecular complexity index is 284. The van der Waals surface area contributed by atoms with Crippen molar-refractivity contribution in [1.29, 1.82) is 0 Å². The van der Waals surface area contributed by atoms with Gasteiger partial charge in [-0.1, -0.05) is 0 Å². The van der Waals surface area contributed by atoms with Crippen molar-refractivity contribution >= 4 is 0 Å². The maximum atomic E-state index is 3.81. The number of hydrogen-bond acceptors (Lipinski definition) is 2. The molecule has 0 aromatic carbocycles. The monoisotopic (exact) mass is 262 g/mol. The van der Waals surface area contributed by atoms with Crippen LogP contribution < -0.4 is 10.6 Å². The molecule has 108 valence electrons. The van der Waals surface area contributed by atoms with Gasteiger partial charge < -0.3 is 10.6 Å². The second-order valence-electron chi connectivity index (χ2n) is 7.81. The van der Waals surface area contributed by atoms with Crippen LogP contribution in [0.3, 0.4) is 0 Å². The molecule has 2 saturated carbocycles. The molecule has 2 unspecified atom stereocenters. The van der Waals surface area contributed by atoms with Crippen LogP contribution in [-0.4, -0.2) is 25.2 Å². The van der Waals surface area contributed by atoms with Gasteiger partial charge in [-0.25, -0.2) is 0 Å². The van der Waals surface area contributed by atoms with E-state index in [1.165, 1.54) is 70.9 Å². The minimum absolute atomic E-state index is 0.870. The summed E-state index contributed by atoms with van der Waals surface area (Å²) in [6.45, 7) is 2.60. The van der Waals surface area contributed by atoms with Crippen molar-refractivity contribution < 1.29 is 0 Å². The lowest BCUT2D eigenvalue weighted by molar-refractivity contribution is 0.279. The molecule has 4 fully saturated rings. The zero-order valence-corrected chi connectivity index (χ0v) is 12.2. The minimum atomic E-state index is 0.870. The quantitative estimate of drug-likeness (QED) is 0.689. The van der Waals surface area contributed by atoms with E-state index in [0.29, 0.717) is 0 Å². The smallest absolute Gasteiger partial charge is 0.00728 e. The first-order chi connectivity index (χ1) is 9.38. The number of nitrogens with one attached hydrogen (secondary N) is 2. The molecule has 0 aromatic heterocycles. The van der Waals surface area contributed by atoms with Crippen molar-refractivity contribution in [2.45, 2.75) is 69.9 Å². The van der Waals surface area contributed by atoms with Crippen molar-refractivity contribution in [1.82, 2.24) is 10.6 Å². The van der Waals surface area contributed by atoms with Crippen LogP contribution in [0.2, 0.25) is 0 Å². The Labute approximate surface area is 118 Å². The Morgan fingerprint density at radius 1 is 0.895 bits per heavy atom. The van der Waals surface area contributed by atoms with Crippen LogP contribution >= 0.6 is 0 Å². The summed E-state index contributed by atoms with van der Waals surface area (Å²) < 4.78 is 0. The third-order valence-corrected chi connectivity index (χ3v) is 6.14. The zero-order chi connectivity index (χ0) is 12.7. The van der Waals surface area contributed by atoms with E-state index >= 15 is 0 Å². The topological polar surface area (TPSA) is 24.1 Å². The van der Waals surface area contributed by atoms with E-state index in [-0.39, 0.29) is 0 Å². The highest BCUT2D eigenvalue weighted by molar-refractivity contribution is 4.93. The standard InChI is InChI=1S/C17H30N2/c1-2-13(1)17(14-3-4-14)11-18-8-7-12-9-15-5-6-16(10-12)19-15/h12-19H,1-11H2. The second-order valence-corrected chi connectivity index (χ2v) is 7.81. The van der Waals surface area contributed by atoms with Crippen molar-refractivity contribution in [3.63, 3.8) is 0 Å². The highest BCUT2D eigenvalue weighted by Gasteiger charge is 2.40. The van der Waals surface area contributed by atoms with Gasteiger partial charge in [0.25, 0.3) is 0 Å². The van der Waals surface area contributed by atoms with Crippen LogP contribution in [0.5, 0.6) is 0 Å². The molecule has 0 aromatic rings. The SMILES string of the molecule is C(CC1CC2CCC(C1)N2)NCC(C1CC1)C1CC1. The van der Waals surface area contributed by atoms with Crippen LogP contribution in [-0.2, 0) is 0 Å². The molecule has 2 N–H and O–H groups in total. The average molecular weight is 262 g/mol. The molecule has 2 aliphatic heterocycles. The van der Waals surface area contributed by atoms with E-state index in [4.69, 9.17) is 0 Å². The minimum Gasteiger partial charge on any atom is -0.316 e. The lowest BCUT2D eigenvalue weighted by Crippen LogP contribution is -2.39. The molecule has 19 heavy (non-hydrogen) atoms. The summed E-state index contributed by atoms with van der Waals surface area (Å²) in [4.78, 5) is 0. The first kappa shape index (κ1) is 12.6. The molecular formula is C17H30N2. The summed E-state index contributed by atoms with van der Waals surface area (Å²) >= 11 is 0. The summed E-state index contributed by atoms with van der Waals surface area (Å²) in [6, 6.07) is 1.74. The molecule has 2 heterocycles. The zero-order valence-electron chi connectivity index (χ0n) is 12.2. The van der Waals surface area contributed by atoms with E-state index in [2.05, 4.69) is 10.6 Å². The fourth-order valence-corrected chi connectivity index (χ4v) is 4.75. The molecule has 2 aliphatic carbocycles. The molecule has 2 heteroatoms. The van der Waals surface area contributed by atoms with Crippen LogP contribution in [0.15, 0.2) is 0 Å². The third-order valence-electron chi connectivity index (χ3n) is 6.14. The lowest BCUT2D eigenvalue weighted by Gasteiger charge is -2.29. The molecule has 4 aliphatic rings. The highest BCUT2D eigenvalue weighted by Crippen LogP contribution is 2.48. The Morgan fingerprint density at radius 2 is 1.53 bits per heavy atom. The summed E-state index contributed by atoms with van der Waals surface area (Å²) in [5, 5.41) is 7.56. The third kappa shape index (κ3) is 3.16. The van der Waals surface area contributed by atoms with E-state index in [1.807, 2.05) is 0 Å². The second kappa shape index (κ2) is 5.37. The van der Waals surface area contributed by atoms with Gasteiger partial charge in [0.1, 0.15) is 0 Å². The Balaban J connectivity index is 1.15. The van der Waals surface area contributed by atoms with Crippen molar-refractivity contribution in [2.75, 3.05) is 13.1 Å². The predicted octanol–water partition coefficient (Wildman–Crippen LogP) is 2.93. The fraction of sp³-hybridized carbons (Fsp3) is 1.00. The lowest BCUT2D eigenvalue weighted by atomic mass is 9.89. The maximum absolute atomic E-state index is 3.81. The van der Waals surface area contributed by atoms with Gasteiger partial charge in [0.05, 0.1) is 0 Å². The summed E-state index contributed by atoms with van der Waals surface area (Å²) in [7, 11) is 0. The van der Waals surface area contributed by atoms with Crippen molar-refractivity contribution in [2.24, 2.45) is 23.7 Å². The molecule has 2 saturated heterocycles. The van der Waals surface area contributed by atoms with E-state index in [1.54, 1.807) is 0 Å². The van der Waals surface area contributed by atoms with Gasteiger partial charge in [0.15, 0.2) is 0 Å². The Hall–Kier alpha value is -0.0800. The number of rotatable bonds is 7. The molecule has 4 rings (SSSR count). The van der Waals surface area contributed by atoms with Crippen LogP contribution in [0, 0.1) is 23.7 Å². The molecule has 2 nitrogen and oxygen atoms in total. The fourth-order valence-electron chi connectivity index (χ4n) is 4.75. The molecule has 0 spiro atoms. The summed E-state index contributed by atoms with van der Waals surface area (Å²) in [6.07, 6.45) is 13.3. The van der Waals surface area contributed by atoms with Crippen molar-refractivity contribution in [3.8, 4) is 0 Å². The largest absolute Gasteiger partial charge is 0.316 e. The number of fused-ring (bicyclic) bond motifs is 2. The maximum Gasteiger partial charge on any atom is 0.00728 e. The van der Waals surface area contributed by atoms with E-state index in [9.17, 15) is 0 Å². The molecule has 2 atom stereocenters. The molecule has 0 amide bonds. The predicted molar refractivity (Wildman–Crippen MR) is 79.1 cm³/mol. The Kier molecular flexibility index (Phi) is 3.57. The van der Waals surface area contributed by atoms with Gasteiger partial charge in [0, 0.05) is 12.1 Å². The van der Waals surface area contributed by atoms with Gasteiger partial charge >= 0.3 is 0 Å². The Morgan fingerprint density at radius 3 is 2.11 bits per heavy atom. The van der Waals surface area contributed by atoms with Gasteiger partial charge in [-0.05, 0) is 94.5 Å². The first-order valence-corrected chi connectivity index (χ1v) is 8.85. The normalized spacial score (nSPS) is 38.1. The summed E-state index contributed by atoms with van der Waals surface area (Å²) in [5.41, 5.74) is 0. The van der Waals surface area contributed by atoms with Gasteiger partial charge in [-0.2, -0.15) is 0 Å². The van der Waals surface area contributed by atoms with Gasteiger partial charge in [-0.3, -0.25) is 0 Å².